The van der Waals surface area contributed by atoms with Crippen LogP contribution in [0, 0.1) is 20.8 Å². The topological polar surface area (TPSA) is 86.3 Å². The minimum atomic E-state index is -2.84. The maximum atomic E-state index is 14.0. The van der Waals surface area contributed by atoms with Crippen LogP contribution in [0.5, 0.6) is 5.75 Å². The van der Waals surface area contributed by atoms with Crippen LogP contribution < -0.4 is 10.1 Å². The third kappa shape index (κ3) is 4.60. The number of aryl methyl sites for hydroxylation is 2. The Morgan fingerprint density at radius 2 is 1.87 bits per heavy atom. The van der Waals surface area contributed by atoms with E-state index in [0.29, 0.717) is 29.2 Å². The second-order valence-corrected chi connectivity index (χ2v) is 9.01. The molecule has 3 aromatic heterocycles. The van der Waals surface area contributed by atoms with Crippen LogP contribution in [0.3, 0.4) is 0 Å². The number of hydrogen-bond donors (Lipinski definition) is 1. The molecule has 0 atom stereocenters. The summed E-state index contributed by atoms with van der Waals surface area (Å²) in [6, 6.07) is 16.3. The first-order valence-corrected chi connectivity index (χ1v) is 12.0. The van der Waals surface area contributed by atoms with E-state index < -0.39 is 12.3 Å². The summed E-state index contributed by atoms with van der Waals surface area (Å²) in [6.07, 6.45) is -1.59. The number of fused-ring (bicyclic) bond motifs is 1. The Balaban J connectivity index is 1.52. The molecule has 3 heterocycles. The number of anilines is 1. The Bertz CT molecular complexity index is 1660. The fourth-order valence-electron chi connectivity index (χ4n) is 4.49. The molecule has 1 amide bonds. The van der Waals surface area contributed by atoms with Crippen molar-refractivity contribution >= 4 is 17.2 Å². The largest absolute Gasteiger partial charge is 0.496 e. The molecule has 0 aliphatic rings. The molecule has 2 aromatic carbocycles. The van der Waals surface area contributed by atoms with Crippen molar-refractivity contribution in [2.75, 3.05) is 12.4 Å². The summed E-state index contributed by atoms with van der Waals surface area (Å²) in [5.74, 6) is -0.0476. The second kappa shape index (κ2) is 10.0. The van der Waals surface area contributed by atoms with Gasteiger partial charge in [0.15, 0.2) is 5.65 Å². The lowest BCUT2D eigenvalue weighted by Gasteiger charge is -2.11. The molecule has 10 heteroatoms. The summed E-state index contributed by atoms with van der Waals surface area (Å²) in [7, 11) is 1.49. The van der Waals surface area contributed by atoms with Gasteiger partial charge in [0.05, 0.1) is 42.6 Å². The highest BCUT2D eigenvalue weighted by molar-refractivity contribution is 6.08. The molecule has 194 valence electrons. The number of rotatable bonds is 7. The van der Waals surface area contributed by atoms with Gasteiger partial charge in [0.1, 0.15) is 17.0 Å². The summed E-state index contributed by atoms with van der Waals surface area (Å²) in [5, 5.41) is 11.5. The van der Waals surface area contributed by atoms with Crippen LogP contribution in [-0.2, 0) is 6.54 Å². The van der Waals surface area contributed by atoms with Crippen molar-refractivity contribution in [3.63, 3.8) is 0 Å². The molecule has 0 fully saturated rings. The number of para-hydroxylation sites is 1. The molecule has 5 aromatic rings. The zero-order chi connectivity index (χ0) is 27.0. The summed E-state index contributed by atoms with van der Waals surface area (Å²) >= 11 is 0. The lowest BCUT2D eigenvalue weighted by atomic mass is 10.1. The first kappa shape index (κ1) is 25.1. The fourth-order valence-corrected chi connectivity index (χ4v) is 4.49. The highest BCUT2D eigenvalue weighted by Gasteiger charge is 2.24. The van der Waals surface area contributed by atoms with E-state index in [1.807, 2.05) is 36.7 Å². The molecule has 38 heavy (non-hydrogen) atoms. The Kier molecular flexibility index (Phi) is 6.62. The highest BCUT2D eigenvalue weighted by atomic mass is 19.3. The zero-order valence-electron chi connectivity index (χ0n) is 21.4. The number of alkyl halides is 2. The number of methoxy groups -OCH3 is 1. The number of amides is 1. The molecular formula is C28H26F2N6O2. The number of carbonyl (C=O) groups is 1. The van der Waals surface area contributed by atoms with Crippen LogP contribution in [0.15, 0.2) is 60.8 Å². The third-order valence-corrected chi connectivity index (χ3v) is 6.39. The monoisotopic (exact) mass is 516 g/mol. The molecule has 0 unspecified atom stereocenters. The van der Waals surface area contributed by atoms with Gasteiger partial charge in [-0.3, -0.25) is 9.48 Å². The Morgan fingerprint density at radius 3 is 2.61 bits per heavy atom. The molecule has 0 saturated carbocycles. The van der Waals surface area contributed by atoms with Gasteiger partial charge in [-0.2, -0.15) is 10.2 Å². The van der Waals surface area contributed by atoms with E-state index in [9.17, 15) is 13.6 Å². The fraction of sp³-hybridized carbons (Fsp3) is 0.214. The van der Waals surface area contributed by atoms with Gasteiger partial charge in [0, 0.05) is 5.56 Å². The van der Waals surface area contributed by atoms with E-state index in [4.69, 9.17) is 4.74 Å². The number of halogens is 2. The number of hydrogen-bond acceptors (Lipinski definition) is 5. The second-order valence-electron chi connectivity index (χ2n) is 9.01. The SMILES string of the molecule is COc1ccccc1-c1cc(C(F)F)n2ncc(C(=O)Nc3c(C)nn(Cc4cccc(C)c4)c3C)c2n1. The number of nitrogens with zero attached hydrogens (tertiary/aromatic N) is 5. The number of aromatic nitrogens is 5. The van der Waals surface area contributed by atoms with Gasteiger partial charge in [-0.1, -0.05) is 42.0 Å². The minimum Gasteiger partial charge on any atom is -0.496 e. The van der Waals surface area contributed by atoms with Gasteiger partial charge >= 0.3 is 0 Å². The molecule has 0 saturated heterocycles. The van der Waals surface area contributed by atoms with E-state index in [1.165, 1.54) is 19.4 Å². The zero-order valence-corrected chi connectivity index (χ0v) is 21.4. The van der Waals surface area contributed by atoms with Gasteiger partial charge in [0.2, 0.25) is 0 Å². The maximum absolute atomic E-state index is 14.0. The van der Waals surface area contributed by atoms with E-state index in [1.54, 1.807) is 31.2 Å². The van der Waals surface area contributed by atoms with Crippen LogP contribution in [-0.4, -0.2) is 37.4 Å². The predicted octanol–water partition coefficient (Wildman–Crippen LogP) is 5.76. The van der Waals surface area contributed by atoms with Crippen molar-refractivity contribution in [1.82, 2.24) is 24.4 Å². The van der Waals surface area contributed by atoms with Crippen LogP contribution in [0.25, 0.3) is 16.9 Å². The van der Waals surface area contributed by atoms with Crippen LogP contribution >= 0.6 is 0 Å². The Hall–Kier alpha value is -4.60. The van der Waals surface area contributed by atoms with Crippen LogP contribution in [0.2, 0.25) is 0 Å². The number of carbonyl (C=O) groups excluding carboxylic acids is 1. The van der Waals surface area contributed by atoms with E-state index in [0.717, 1.165) is 21.3 Å². The van der Waals surface area contributed by atoms with Gasteiger partial charge < -0.3 is 10.1 Å². The molecule has 0 aliphatic carbocycles. The predicted molar refractivity (Wildman–Crippen MR) is 140 cm³/mol. The number of ether oxygens (including phenoxy) is 1. The van der Waals surface area contributed by atoms with Crippen LogP contribution in [0.1, 0.15) is 45.0 Å². The van der Waals surface area contributed by atoms with Crippen LogP contribution in [0.4, 0.5) is 14.5 Å². The van der Waals surface area contributed by atoms with E-state index in [-0.39, 0.29) is 22.6 Å². The van der Waals surface area contributed by atoms with E-state index in [2.05, 4.69) is 26.6 Å². The lowest BCUT2D eigenvalue weighted by Crippen LogP contribution is -2.14. The molecule has 1 N–H and O–H groups in total. The maximum Gasteiger partial charge on any atom is 0.280 e. The minimum absolute atomic E-state index is 0.0173. The molecule has 8 nitrogen and oxygen atoms in total. The van der Waals surface area contributed by atoms with Gasteiger partial charge in [-0.25, -0.2) is 18.3 Å². The summed E-state index contributed by atoms with van der Waals surface area (Å²) in [5.41, 5.74) is 4.66. The van der Waals surface area contributed by atoms with Crippen molar-refractivity contribution < 1.29 is 18.3 Å². The average molecular weight is 517 g/mol. The molecule has 0 spiro atoms. The number of benzene rings is 2. The summed E-state index contributed by atoms with van der Waals surface area (Å²) in [4.78, 5) is 17.9. The normalized spacial score (nSPS) is 11.3. The van der Waals surface area contributed by atoms with Crippen molar-refractivity contribution in [2.45, 2.75) is 33.7 Å². The van der Waals surface area contributed by atoms with E-state index >= 15 is 0 Å². The molecule has 0 aliphatic heterocycles. The van der Waals surface area contributed by atoms with Gasteiger partial charge in [0.25, 0.3) is 12.3 Å². The Labute approximate surface area is 217 Å². The van der Waals surface area contributed by atoms with Gasteiger partial charge in [-0.15, -0.1) is 0 Å². The quantitative estimate of drug-likeness (QED) is 0.297. The first-order valence-electron chi connectivity index (χ1n) is 12.0. The molecule has 0 radical (unpaired) electrons. The van der Waals surface area contributed by atoms with Crippen molar-refractivity contribution in [2.24, 2.45) is 0 Å². The third-order valence-electron chi connectivity index (χ3n) is 6.39. The first-order chi connectivity index (χ1) is 18.3. The molecule has 5 rings (SSSR count). The molecular weight excluding hydrogens is 490 g/mol. The highest BCUT2D eigenvalue weighted by Crippen LogP contribution is 2.32. The lowest BCUT2D eigenvalue weighted by molar-refractivity contribution is 0.102. The summed E-state index contributed by atoms with van der Waals surface area (Å²) in [6.45, 7) is 6.24. The smallest absolute Gasteiger partial charge is 0.280 e. The van der Waals surface area contributed by atoms with Gasteiger partial charge in [-0.05, 0) is 44.5 Å². The Morgan fingerprint density at radius 1 is 1.08 bits per heavy atom. The molecule has 0 bridgehead atoms. The summed E-state index contributed by atoms with van der Waals surface area (Å²) < 4.78 is 36.2. The van der Waals surface area contributed by atoms with Crippen molar-refractivity contribution in [3.8, 4) is 17.0 Å². The average Bonchev–Trinajstić information content (AvgIpc) is 3.44. The number of nitrogens with one attached hydrogen (secondary N) is 1. The standard InChI is InChI=1S/C28H26F2N6O2/c1-16-8-7-9-19(12-16)15-35-18(3)25(17(2)34-35)33-28(37)21-14-31-36-23(26(29)30)13-22(32-27(21)36)20-10-5-6-11-24(20)38-4/h5-14,26H,15H2,1-4H3,(H,33,37). The van der Waals surface area contributed by atoms with Crippen molar-refractivity contribution in [3.05, 3.63) is 94.6 Å². The van der Waals surface area contributed by atoms with Crippen molar-refractivity contribution in [1.29, 1.82) is 0 Å².